The number of amides is 1. The second-order valence-electron chi connectivity index (χ2n) is 4.95. The van der Waals surface area contributed by atoms with Crippen LogP contribution in [0.5, 0.6) is 0 Å². The van der Waals surface area contributed by atoms with Crippen LogP contribution in [0.3, 0.4) is 0 Å². The summed E-state index contributed by atoms with van der Waals surface area (Å²) in [6.45, 7) is 8.00. The van der Waals surface area contributed by atoms with Crippen molar-refractivity contribution in [3.8, 4) is 0 Å². The van der Waals surface area contributed by atoms with Crippen molar-refractivity contribution in [1.82, 2.24) is 9.97 Å². The summed E-state index contributed by atoms with van der Waals surface area (Å²) < 4.78 is 0. The number of thiophene rings is 1. The number of aromatic nitrogens is 2. The van der Waals surface area contributed by atoms with E-state index in [0.717, 1.165) is 15.8 Å². The maximum absolute atomic E-state index is 11.5. The van der Waals surface area contributed by atoms with Gasteiger partial charge in [-0.1, -0.05) is 13.8 Å². The lowest BCUT2D eigenvalue weighted by Gasteiger charge is -2.20. The summed E-state index contributed by atoms with van der Waals surface area (Å²) in [5.41, 5.74) is 6.58. The number of rotatable bonds is 4. The van der Waals surface area contributed by atoms with Crippen LogP contribution in [-0.4, -0.2) is 21.9 Å². The van der Waals surface area contributed by atoms with E-state index in [9.17, 15) is 4.79 Å². The molecule has 5 nitrogen and oxygen atoms in total. The van der Waals surface area contributed by atoms with Gasteiger partial charge >= 0.3 is 0 Å². The van der Waals surface area contributed by atoms with E-state index >= 15 is 0 Å². The Morgan fingerprint density at radius 1 is 1.37 bits per heavy atom. The third-order valence-corrected chi connectivity index (χ3v) is 4.35. The molecule has 1 unspecified atom stereocenters. The molecular formula is C13H18N4OS. The number of fused-ring (bicyclic) bond motifs is 1. The van der Waals surface area contributed by atoms with Crippen molar-refractivity contribution in [1.29, 1.82) is 0 Å². The zero-order valence-corrected chi connectivity index (χ0v) is 12.3. The van der Waals surface area contributed by atoms with Gasteiger partial charge in [-0.05, 0) is 25.3 Å². The molecule has 1 atom stereocenters. The topological polar surface area (TPSA) is 80.9 Å². The molecule has 0 saturated heterocycles. The average molecular weight is 278 g/mol. The van der Waals surface area contributed by atoms with E-state index in [1.165, 1.54) is 11.2 Å². The van der Waals surface area contributed by atoms with E-state index < -0.39 is 6.04 Å². The van der Waals surface area contributed by atoms with E-state index in [0.29, 0.717) is 5.82 Å². The number of nitrogens with zero attached hydrogens (tertiary/aromatic N) is 2. The fourth-order valence-electron chi connectivity index (χ4n) is 2.01. The number of carbonyl (C=O) groups is 1. The van der Waals surface area contributed by atoms with Gasteiger partial charge in [-0.15, -0.1) is 11.3 Å². The number of nitrogens with two attached hydrogens (primary N) is 1. The Morgan fingerprint density at radius 2 is 2.05 bits per heavy atom. The van der Waals surface area contributed by atoms with Crippen molar-refractivity contribution in [2.45, 2.75) is 33.7 Å². The van der Waals surface area contributed by atoms with E-state index in [2.05, 4.69) is 22.2 Å². The molecule has 0 bridgehead atoms. The third kappa shape index (κ3) is 2.53. The van der Waals surface area contributed by atoms with Gasteiger partial charge in [0.2, 0.25) is 5.91 Å². The molecule has 0 spiro atoms. The number of nitrogens with one attached hydrogen (secondary N) is 1. The number of primary amides is 1. The van der Waals surface area contributed by atoms with Crippen LogP contribution in [0.25, 0.3) is 10.2 Å². The molecule has 2 aromatic heterocycles. The van der Waals surface area contributed by atoms with Crippen molar-refractivity contribution < 1.29 is 4.79 Å². The quantitative estimate of drug-likeness (QED) is 0.898. The second kappa shape index (κ2) is 5.13. The number of carbonyl (C=O) groups excluding carboxylic acids is 1. The van der Waals surface area contributed by atoms with Crippen LogP contribution >= 0.6 is 11.3 Å². The third-order valence-electron chi connectivity index (χ3n) is 3.23. The average Bonchev–Trinajstić information content (AvgIpc) is 2.62. The van der Waals surface area contributed by atoms with Gasteiger partial charge in [0.1, 0.15) is 23.0 Å². The molecule has 1 amide bonds. The van der Waals surface area contributed by atoms with Crippen LogP contribution in [0.1, 0.15) is 24.3 Å². The minimum absolute atomic E-state index is 0.0996. The number of aryl methyl sites for hydroxylation is 2. The lowest BCUT2D eigenvalue weighted by molar-refractivity contribution is -0.119. The summed E-state index contributed by atoms with van der Waals surface area (Å²) >= 11 is 1.63. The molecular weight excluding hydrogens is 260 g/mol. The van der Waals surface area contributed by atoms with Crippen LogP contribution in [0.2, 0.25) is 0 Å². The smallest absolute Gasteiger partial charge is 0.240 e. The maximum Gasteiger partial charge on any atom is 0.240 e. The van der Waals surface area contributed by atoms with Crippen molar-refractivity contribution >= 4 is 33.3 Å². The number of hydrogen-bond donors (Lipinski definition) is 2. The van der Waals surface area contributed by atoms with E-state index in [1.807, 2.05) is 20.8 Å². The summed E-state index contributed by atoms with van der Waals surface area (Å²) in [4.78, 5) is 22.2. The van der Waals surface area contributed by atoms with Gasteiger partial charge in [-0.25, -0.2) is 9.97 Å². The Hall–Kier alpha value is -1.69. The van der Waals surface area contributed by atoms with Gasteiger partial charge in [0.15, 0.2) is 0 Å². The summed E-state index contributed by atoms with van der Waals surface area (Å²) in [6, 6.07) is -0.433. The van der Waals surface area contributed by atoms with Crippen LogP contribution in [0.4, 0.5) is 5.82 Å². The Morgan fingerprint density at radius 3 is 2.63 bits per heavy atom. The van der Waals surface area contributed by atoms with Crippen LogP contribution in [0, 0.1) is 19.8 Å². The molecule has 0 aliphatic heterocycles. The second-order valence-corrected chi connectivity index (χ2v) is 6.16. The molecule has 2 heterocycles. The van der Waals surface area contributed by atoms with Gasteiger partial charge in [0.25, 0.3) is 0 Å². The standard InChI is InChI=1S/C13H18N4OS/c1-6(2)10(11(14)18)17-12-9-7(3)8(4)19-13(9)16-5-15-12/h5-6,10H,1-4H3,(H2,14,18)(H,15,16,17). The highest BCUT2D eigenvalue weighted by Crippen LogP contribution is 2.32. The Balaban J connectivity index is 2.48. The first-order valence-electron chi connectivity index (χ1n) is 6.18. The molecule has 0 radical (unpaired) electrons. The zero-order chi connectivity index (χ0) is 14.2. The largest absolute Gasteiger partial charge is 0.368 e. The minimum Gasteiger partial charge on any atom is -0.368 e. The summed E-state index contributed by atoms with van der Waals surface area (Å²) in [6.07, 6.45) is 1.51. The number of anilines is 1. The summed E-state index contributed by atoms with van der Waals surface area (Å²) in [7, 11) is 0. The fourth-order valence-corrected chi connectivity index (χ4v) is 3.00. The highest BCUT2D eigenvalue weighted by atomic mass is 32.1. The van der Waals surface area contributed by atoms with Crippen molar-refractivity contribution in [3.05, 3.63) is 16.8 Å². The van der Waals surface area contributed by atoms with Gasteiger partial charge in [-0.2, -0.15) is 0 Å². The van der Waals surface area contributed by atoms with Crippen LogP contribution in [0.15, 0.2) is 6.33 Å². The predicted molar refractivity (Wildman–Crippen MR) is 78.3 cm³/mol. The van der Waals surface area contributed by atoms with Crippen LogP contribution < -0.4 is 11.1 Å². The minimum atomic E-state index is -0.433. The summed E-state index contributed by atoms with van der Waals surface area (Å²) in [5.74, 6) is 0.415. The zero-order valence-electron chi connectivity index (χ0n) is 11.5. The highest BCUT2D eigenvalue weighted by Gasteiger charge is 2.22. The molecule has 3 N–H and O–H groups in total. The van der Waals surface area contributed by atoms with Crippen molar-refractivity contribution in [2.24, 2.45) is 11.7 Å². The number of hydrogen-bond acceptors (Lipinski definition) is 5. The first kappa shape index (κ1) is 13.7. The molecule has 2 aromatic rings. The van der Waals surface area contributed by atoms with E-state index in [4.69, 9.17) is 5.73 Å². The van der Waals surface area contributed by atoms with Crippen molar-refractivity contribution in [3.63, 3.8) is 0 Å². The molecule has 6 heteroatoms. The lowest BCUT2D eigenvalue weighted by atomic mass is 10.0. The highest BCUT2D eigenvalue weighted by molar-refractivity contribution is 7.18. The molecule has 0 saturated carbocycles. The molecule has 0 aromatic carbocycles. The molecule has 0 fully saturated rings. The maximum atomic E-state index is 11.5. The monoisotopic (exact) mass is 278 g/mol. The Labute approximate surface area is 116 Å². The van der Waals surface area contributed by atoms with Gasteiger partial charge < -0.3 is 11.1 Å². The predicted octanol–water partition coefficient (Wildman–Crippen LogP) is 2.23. The van der Waals surface area contributed by atoms with E-state index in [-0.39, 0.29) is 11.8 Å². The normalized spacial score (nSPS) is 12.9. The van der Waals surface area contributed by atoms with Crippen molar-refractivity contribution in [2.75, 3.05) is 5.32 Å². The van der Waals surface area contributed by atoms with Gasteiger partial charge in [0, 0.05) is 4.88 Å². The Bertz CT molecular complexity index is 620. The van der Waals surface area contributed by atoms with Gasteiger partial charge in [0.05, 0.1) is 5.39 Å². The fraction of sp³-hybridized carbons (Fsp3) is 0.462. The van der Waals surface area contributed by atoms with Crippen LogP contribution in [-0.2, 0) is 4.79 Å². The Kier molecular flexibility index (Phi) is 3.71. The lowest BCUT2D eigenvalue weighted by Crippen LogP contribution is -2.39. The molecule has 2 rings (SSSR count). The molecule has 0 aliphatic rings. The SMILES string of the molecule is Cc1sc2ncnc(NC(C(N)=O)C(C)C)c2c1C. The molecule has 0 aliphatic carbocycles. The first-order valence-corrected chi connectivity index (χ1v) is 7.00. The van der Waals surface area contributed by atoms with E-state index in [1.54, 1.807) is 11.3 Å². The summed E-state index contributed by atoms with van der Waals surface area (Å²) in [5, 5.41) is 4.14. The molecule has 19 heavy (non-hydrogen) atoms. The molecule has 102 valence electrons. The van der Waals surface area contributed by atoms with Gasteiger partial charge in [-0.3, -0.25) is 4.79 Å². The first-order chi connectivity index (χ1) is 8.91.